The molecule has 0 aromatic heterocycles. The van der Waals surface area contributed by atoms with Gasteiger partial charge in [-0.2, -0.15) is 13.2 Å². The summed E-state index contributed by atoms with van der Waals surface area (Å²) < 4.78 is 62.2. The fourth-order valence-electron chi connectivity index (χ4n) is 2.81. The summed E-state index contributed by atoms with van der Waals surface area (Å²) in [5.41, 5.74) is 0.891. The molecule has 0 amide bonds. The van der Waals surface area contributed by atoms with Crippen molar-refractivity contribution in [3.8, 4) is 0 Å². The van der Waals surface area contributed by atoms with E-state index in [1.807, 2.05) is 0 Å². The SMILES string of the molecule is CC(C)(C)c1ccc2c(c1)[I+]c1cc(C(C)(C)C)ccc1C2.O=S(=O)([O-])C(F)(F)F. The maximum atomic E-state index is 10.7. The molecule has 0 fully saturated rings. The van der Waals surface area contributed by atoms with E-state index in [1.54, 1.807) is 18.3 Å². The van der Waals surface area contributed by atoms with Crippen molar-refractivity contribution < 1.29 is 47.3 Å². The van der Waals surface area contributed by atoms with Gasteiger partial charge in [0, 0.05) is 17.5 Å². The predicted molar refractivity (Wildman–Crippen MR) is 106 cm³/mol. The van der Waals surface area contributed by atoms with E-state index in [0.717, 1.165) is 6.42 Å². The van der Waals surface area contributed by atoms with Gasteiger partial charge in [-0.15, -0.1) is 0 Å². The van der Waals surface area contributed by atoms with E-state index in [1.165, 1.54) is 11.1 Å². The maximum Gasteiger partial charge on any atom is 0.485 e. The Hall–Kier alpha value is -1.13. The van der Waals surface area contributed by atoms with E-state index in [4.69, 9.17) is 13.0 Å². The second-order valence-electron chi connectivity index (χ2n) is 9.28. The van der Waals surface area contributed by atoms with Gasteiger partial charge in [0.25, 0.3) is 0 Å². The minimum absolute atomic E-state index is 0.0549. The van der Waals surface area contributed by atoms with Crippen LogP contribution in [-0.4, -0.2) is 18.5 Å². The summed E-state index contributed by atoms with van der Waals surface area (Å²) in [6, 6.07) is 14.4. The van der Waals surface area contributed by atoms with Gasteiger partial charge in [-0.25, -0.2) is 8.42 Å². The van der Waals surface area contributed by atoms with Gasteiger partial charge >= 0.3 is 26.7 Å². The molecule has 166 valence electrons. The first kappa shape index (κ1) is 25.1. The molecular weight excluding hydrogens is 528 g/mol. The molecule has 0 spiro atoms. The van der Waals surface area contributed by atoms with Crippen LogP contribution >= 0.6 is 0 Å². The summed E-state index contributed by atoms with van der Waals surface area (Å²) in [5, 5.41) is 0. The number of fused-ring (bicyclic) bond motifs is 2. The van der Waals surface area contributed by atoms with Gasteiger partial charge in [0.1, 0.15) is 0 Å². The quantitative estimate of drug-likeness (QED) is 0.244. The van der Waals surface area contributed by atoms with Gasteiger partial charge in [0.2, 0.25) is 0 Å². The summed E-state index contributed by atoms with van der Waals surface area (Å²) in [6.07, 6.45) is 1.11. The highest BCUT2D eigenvalue weighted by atomic mass is 127. The standard InChI is InChI=1S/C21H26I.CHF3O3S/c1-20(2,3)16-9-7-14-11-15-8-10-17(21(4,5)6)13-19(15)22-18(14)12-16;2-1(3,4)8(5,6)7/h7-10,12-13H,11H2,1-6H3;(H,5,6,7)/q+1;/p-1. The van der Waals surface area contributed by atoms with Crippen LogP contribution in [0.1, 0.15) is 63.8 Å². The van der Waals surface area contributed by atoms with E-state index in [0.29, 0.717) is 0 Å². The average molecular weight is 554 g/mol. The molecule has 0 atom stereocenters. The number of hydrogen-bond acceptors (Lipinski definition) is 3. The Morgan fingerprint density at radius 2 is 1.13 bits per heavy atom. The zero-order valence-corrected chi connectivity index (χ0v) is 20.8. The second kappa shape index (κ2) is 8.43. The minimum atomic E-state index is -6.09. The van der Waals surface area contributed by atoms with Crippen LogP contribution in [0.5, 0.6) is 0 Å². The molecule has 0 N–H and O–H groups in total. The summed E-state index contributed by atoms with van der Waals surface area (Å²) in [7, 11) is -6.09. The smallest absolute Gasteiger partial charge is 0.485 e. The summed E-state index contributed by atoms with van der Waals surface area (Å²) in [6.45, 7) is 13.8. The van der Waals surface area contributed by atoms with E-state index in [-0.39, 0.29) is 32.0 Å². The largest absolute Gasteiger partial charge is 0.741 e. The molecule has 30 heavy (non-hydrogen) atoms. The van der Waals surface area contributed by atoms with Crippen LogP contribution in [0.15, 0.2) is 36.4 Å². The van der Waals surface area contributed by atoms with Gasteiger partial charge in [-0.05, 0) is 34.1 Å². The van der Waals surface area contributed by atoms with E-state index < -0.39 is 15.6 Å². The number of rotatable bonds is 0. The highest BCUT2D eigenvalue weighted by Gasteiger charge is 2.37. The lowest BCUT2D eigenvalue weighted by Gasteiger charge is -2.21. The predicted octanol–water partition coefficient (Wildman–Crippen LogP) is 2.37. The Morgan fingerprint density at radius 1 is 0.800 bits per heavy atom. The molecule has 0 bridgehead atoms. The molecule has 2 aromatic rings. The van der Waals surface area contributed by atoms with Crippen LogP contribution in [0.3, 0.4) is 0 Å². The summed E-state index contributed by atoms with van der Waals surface area (Å²) >= 11 is -0.0549. The van der Waals surface area contributed by atoms with Crippen LogP contribution in [-0.2, 0) is 27.4 Å². The Labute approximate surface area is 187 Å². The molecule has 3 nitrogen and oxygen atoms in total. The molecule has 2 aromatic carbocycles. The third-order valence-corrected chi connectivity index (χ3v) is 8.44. The second-order valence-corrected chi connectivity index (χ2v) is 13.5. The van der Waals surface area contributed by atoms with E-state index >= 15 is 0 Å². The lowest BCUT2D eigenvalue weighted by atomic mass is 9.85. The first-order chi connectivity index (χ1) is 13.4. The Kier molecular flexibility index (Phi) is 7.06. The molecule has 0 saturated carbocycles. The van der Waals surface area contributed by atoms with Crippen molar-refractivity contribution in [2.75, 3.05) is 0 Å². The molecule has 1 aliphatic rings. The molecule has 0 unspecified atom stereocenters. The number of hydrogen-bond donors (Lipinski definition) is 0. The van der Waals surface area contributed by atoms with Crippen molar-refractivity contribution in [1.29, 1.82) is 0 Å². The van der Waals surface area contributed by atoms with Crippen LogP contribution < -0.4 is 21.2 Å². The van der Waals surface area contributed by atoms with Crippen LogP contribution in [0.4, 0.5) is 13.2 Å². The lowest BCUT2D eigenvalue weighted by molar-refractivity contribution is -0.601. The molecular formula is C22H26F3IO3S. The van der Waals surface area contributed by atoms with Crippen LogP contribution in [0, 0.1) is 7.14 Å². The van der Waals surface area contributed by atoms with Crippen molar-refractivity contribution in [3.63, 3.8) is 0 Å². The summed E-state index contributed by atoms with van der Waals surface area (Å²) in [5.74, 6) is 0. The molecule has 1 aliphatic heterocycles. The third-order valence-electron chi connectivity index (χ3n) is 4.71. The van der Waals surface area contributed by atoms with Crippen LogP contribution in [0.25, 0.3) is 0 Å². The normalized spacial score (nSPS) is 14.3. The lowest BCUT2D eigenvalue weighted by Crippen LogP contribution is -3.62. The third kappa shape index (κ3) is 6.20. The number of benzene rings is 2. The van der Waals surface area contributed by atoms with Gasteiger partial charge in [0.05, 0.1) is 0 Å². The number of halogens is 4. The van der Waals surface area contributed by atoms with Gasteiger partial charge in [-0.3, -0.25) is 0 Å². The van der Waals surface area contributed by atoms with E-state index in [9.17, 15) is 13.2 Å². The summed E-state index contributed by atoms with van der Waals surface area (Å²) in [4.78, 5) is 0. The van der Waals surface area contributed by atoms with E-state index in [2.05, 4.69) is 77.9 Å². The maximum absolute atomic E-state index is 10.7. The monoisotopic (exact) mass is 554 g/mol. The van der Waals surface area contributed by atoms with Crippen molar-refractivity contribution in [2.24, 2.45) is 0 Å². The topological polar surface area (TPSA) is 57.2 Å². The zero-order valence-electron chi connectivity index (χ0n) is 17.8. The molecule has 8 heteroatoms. The van der Waals surface area contributed by atoms with Gasteiger partial charge in [0.15, 0.2) is 17.3 Å². The molecule has 0 radical (unpaired) electrons. The van der Waals surface area contributed by atoms with Crippen molar-refractivity contribution in [3.05, 3.63) is 65.8 Å². The molecule has 1 heterocycles. The molecule has 0 aliphatic carbocycles. The minimum Gasteiger partial charge on any atom is -0.741 e. The molecule has 3 rings (SSSR count). The first-order valence-electron chi connectivity index (χ1n) is 9.33. The first-order valence-corrected chi connectivity index (χ1v) is 12.9. The average Bonchev–Trinajstić information content (AvgIpc) is 2.56. The highest BCUT2D eigenvalue weighted by Crippen LogP contribution is 2.26. The number of alkyl halides is 3. The van der Waals surface area contributed by atoms with Crippen molar-refractivity contribution >= 4 is 10.1 Å². The van der Waals surface area contributed by atoms with Crippen molar-refractivity contribution in [1.82, 2.24) is 0 Å². The Bertz CT molecular complexity index is 970. The van der Waals surface area contributed by atoms with Crippen LogP contribution in [0.2, 0.25) is 0 Å². The molecule has 0 saturated heterocycles. The zero-order chi connectivity index (χ0) is 23.1. The van der Waals surface area contributed by atoms with Gasteiger partial charge in [-0.1, -0.05) is 65.8 Å². The highest BCUT2D eigenvalue weighted by molar-refractivity contribution is 7.86. The Balaban J connectivity index is 0.000000343. The Morgan fingerprint density at radius 3 is 1.40 bits per heavy atom. The van der Waals surface area contributed by atoms with Gasteiger partial charge < -0.3 is 4.55 Å². The van der Waals surface area contributed by atoms with Crippen molar-refractivity contribution in [2.45, 2.75) is 64.3 Å². The fourth-order valence-corrected chi connectivity index (χ4v) is 5.85. The fraction of sp³-hybridized carbons (Fsp3) is 0.455.